The fourth-order valence-electron chi connectivity index (χ4n) is 6.03. The molecule has 2 aliphatic carbocycles. The van der Waals surface area contributed by atoms with Crippen molar-refractivity contribution in [2.24, 2.45) is 11.8 Å². The second-order valence-corrected chi connectivity index (χ2v) is 11.7. The molecule has 1 nitrogen and oxygen atoms in total. The van der Waals surface area contributed by atoms with Crippen molar-refractivity contribution in [3.63, 3.8) is 0 Å². The SMILES string of the molecule is Cc1ccccc1C1[C@@H]2C(Cl)(Cl)[C@]2(c2ccccc2)O[C@]2(c3ccccc3)[C@@H]1C2(Cl)Cl. The molecule has 0 aromatic heterocycles. The number of hydrogen-bond acceptors (Lipinski definition) is 1. The summed E-state index contributed by atoms with van der Waals surface area (Å²) in [4.78, 5) is 0. The van der Waals surface area contributed by atoms with Gasteiger partial charge in [-0.15, -0.1) is 0 Å². The zero-order chi connectivity index (χ0) is 21.6. The van der Waals surface area contributed by atoms with Crippen LogP contribution in [0.5, 0.6) is 0 Å². The highest BCUT2D eigenvalue weighted by Crippen LogP contribution is 2.89. The maximum Gasteiger partial charge on any atom is 0.158 e. The predicted octanol–water partition coefficient (Wildman–Crippen LogP) is 7.51. The van der Waals surface area contributed by atoms with Crippen LogP contribution in [0.3, 0.4) is 0 Å². The highest BCUT2D eigenvalue weighted by Gasteiger charge is 2.95. The summed E-state index contributed by atoms with van der Waals surface area (Å²) in [6, 6.07) is 28.3. The molecule has 3 fully saturated rings. The molecular formula is C26H20Cl4O. The first-order valence-electron chi connectivity index (χ1n) is 10.4. The maximum absolute atomic E-state index is 7.08. The number of rotatable bonds is 3. The van der Waals surface area contributed by atoms with Gasteiger partial charge in [0.2, 0.25) is 0 Å². The Morgan fingerprint density at radius 3 is 1.48 bits per heavy atom. The summed E-state index contributed by atoms with van der Waals surface area (Å²) in [6.07, 6.45) is 0. The molecule has 0 radical (unpaired) electrons. The molecule has 1 heterocycles. The maximum atomic E-state index is 7.08. The lowest BCUT2D eigenvalue weighted by atomic mass is 9.80. The standard InChI is InChI=1S/C26H20Cl4O/c1-16-10-8-9-15-19(16)20-21-23(25(21,27)28,17-11-4-2-5-12-17)31-24(22(20)26(24,29)30)18-13-6-3-7-14-18/h2-15,20-22H,1H3/t20?,21-,22+,23-,24-/m1/s1. The van der Waals surface area contributed by atoms with Crippen LogP contribution in [0.1, 0.15) is 28.2 Å². The van der Waals surface area contributed by atoms with Crippen molar-refractivity contribution in [1.82, 2.24) is 0 Å². The molecule has 6 rings (SSSR count). The topological polar surface area (TPSA) is 9.23 Å². The van der Waals surface area contributed by atoms with Crippen LogP contribution in [-0.2, 0) is 15.9 Å². The fourth-order valence-corrected chi connectivity index (χ4v) is 8.03. The van der Waals surface area contributed by atoms with E-state index >= 15 is 0 Å². The molecular weight excluding hydrogens is 470 g/mol. The van der Waals surface area contributed by atoms with Gasteiger partial charge in [-0.25, -0.2) is 0 Å². The number of ether oxygens (including phenoxy) is 1. The van der Waals surface area contributed by atoms with E-state index in [9.17, 15) is 0 Å². The minimum Gasteiger partial charge on any atom is -0.352 e. The van der Waals surface area contributed by atoms with Gasteiger partial charge in [-0.1, -0.05) is 131 Å². The fraction of sp³-hybridized carbons (Fsp3) is 0.308. The van der Waals surface area contributed by atoms with Crippen molar-refractivity contribution in [2.75, 3.05) is 0 Å². The Bertz CT molecular complexity index is 1090. The summed E-state index contributed by atoms with van der Waals surface area (Å²) >= 11 is 28.3. The van der Waals surface area contributed by atoms with Crippen molar-refractivity contribution in [3.05, 3.63) is 107 Å². The molecule has 5 heteroatoms. The van der Waals surface area contributed by atoms with Gasteiger partial charge in [0.25, 0.3) is 0 Å². The molecule has 0 N–H and O–H groups in total. The molecule has 3 aromatic carbocycles. The molecule has 3 aliphatic rings. The highest BCUT2D eigenvalue weighted by atomic mass is 35.5. The summed E-state index contributed by atoms with van der Waals surface area (Å²) in [7, 11) is 0. The molecule has 5 atom stereocenters. The van der Waals surface area contributed by atoms with Crippen molar-refractivity contribution >= 4 is 46.4 Å². The minimum absolute atomic E-state index is 0.0552. The first-order valence-corrected chi connectivity index (χ1v) is 11.9. The van der Waals surface area contributed by atoms with Crippen LogP contribution in [0.4, 0.5) is 0 Å². The first-order chi connectivity index (χ1) is 14.8. The molecule has 1 saturated heterocycles. The first kappa shape index (κ1) is 20.4. The van der Waals surface area contributed by atoms with Crippen molar-refractivity contribution in [3.8, 4) is 0 Å². The molecule has 1 aliphatic heterocycles. The number of fused-ring (bicyclic) bond motifs is 2. The zero-order valence-electron chi connectivity index (χ0n) is 16.7. The Morgan fingerprint density at radius 1 is 0.613 bits per heavy atom. The minimum atomic E-state index is -1.10. The third-order valence-electron chi connectivity index (χ3n) is 7.47. The zero-order valence-corrected chi connectivity index (χ0v) is 19.8. The molecule has 158 valence electrons. The third kappa shape index (κ3) is 2.35. The quantitative estimate of drug-likeness (QED) is 0.346. The van der Waals surface area contributed by atoms with E-state index in [0.717, 1.165) is 11.1 Å². The van der Waals surface area contributed by atoms with Gasteiger partial charge >= 0.3 is 0 Å². The predicted molar refractivity (Wildman–Crippen MR) is 127 cm³/mol. The van der Waals surface area contributed by atoms with Gasteiger partial charge in [0.15, 0.2) is 8.67 Å². The van der Waals surface area contributed by atoms with E-state index in [1.165, 1.54) is 11.1 Å². The van der Waals surface area contributed by atoms with Gasteiger partial charge in [0.1, 0.15) is 11.2 Å². The van der Waals surface area contributed by atoms with Crippen LogP contribution in [0, 0.1) is 18.8 Å². The monoisotopic (exact) mass is 488 g/mol. The number of halogens is 4. The summed E-state index contributed by atoms with van der Waals surface area (Å²) in [6.45, 7) is 2.11. The third-order valence-corrected chi connectivity index (χ3v) is 9.54. The summed E-state index contributed by atoms with van der Waals surface area (Å²) in [5, 5.41) is 0. The van der Waals surface area contributed by atoms with E-state index in [1.54, 1.807) is 0 Å². The van der Waals surface area contributed by atoms with Crippen LogP contribution < -0.4 is 0 Å². The molecule has 0 spiro atoms. The van der Waals surface area contributed by atoms with E-state index in [-0.39, 0.29) is 17.8 Å². The molecule has 0 bridgehead atoms. The number of benzene rings is 3. The van der Waals surface area contributed by atoms with Gasteiger partial charge in [0.05, 0.1) is 0 Å². The largest absolute Gasteiger partial charge is 0.352 e. The Morgan fingerprint density at radius 2 is 1.03 bits per heavy atom. The molecule has 31 heavy (non-hydrogen) atoms. The summed E-state index contributed by atoms with van der Waals surface area (Å²) in [5.41, 5.74) is 2.45. The van der Waals surface area contributed by atoms with Crippen molar-refractivity contribution in [2.45, 2.75) is 32.7 Å². The lowest BCUT2D eigenvalue weighted by molar-refractivity contribution is -0.100. The van der Waals surface area contributed by atoms with Crippen molar-refractivity contribution < 1.29 is 4.74 Å². The number of alkyl halides is 4. The molecule has 0 amide bonds. The van der Waals surface area contributed by atoms with Gasteiger partial charge in [-0.05, 0) is 29.2 Å². The van der Waals surface area contributed by atoms with Crippen LogP contribution >= 0.6 is 46.4 Å². The Hall–Kier alpha value is -1.22. The Labute approximate surface area is 202 Å². The lowest BCUT2D eigenvalue weighted by Crippen LogP contribution is -2.35. The average molecular weight is 490 g/mol. The van der Waals surface area contributed by atoms with E-state index in [2.05, 4.69) is 19.1 Å². The van der Waals surface area contributed by atoms with Crippen LogP contribution in [0.25, 0.3) is 0 Å². The van der Waals surface area contributed by atoms with Gasteiger partial charge < -0.3 is 4.74 Å². The second-order valence-electron chi connectivity index (χ2n) is 8.89. The van der Waals surface area contributed by atoms with E-state index in [0.29, 0.717) is 0 Å². The second kappa shape index (κ2) is 6.43. The smallest absolute Gasteiger partial charge is 0.158 e. The van der Waals surface area contributed by atoms with E-state index in [4.69, 9.17) is 51.1 Å². The van der Waals surface area contributed by atoms with E-state index < -0.39 is 19.9 Å². The Kier molecular flexibility index (Phi) is 4.23. The van der Waals surface area contributed by atoms with Crippen molar-refractivity contribution in [1.29, 1.82) is 0 Å². The van der Waals surface area contributed by atoms with Crippen LogP contribution in [0.15, 0.2) is 84.9 Å². The highest BCUT2D eigenvalue weighted by molar-refractivity contribution is 6.54. The van der Waals surface area contributed by atoms with Gasteiger partial charge in [0, 0.05) is 17.8 Å². The molecule has 1 unspecified atom stereocenters. The summed E-state index contributed by atoms with van der Waals surface area (Å²) < 4.78 is 4.78. The summed E-state index contributed by atoms with van der Waals surface area (Å²) in [5.74, 6) is -0.401. The van der Waals surface area contributed by atoms with Crippen LogP contribution in [-0.4, -0.2) is 8.67 Å². The van der Waals surface area contributed by atoms with E-state index in [1.807, 2.05) is 72.8 Å². The molecule has 2 saturated carbocycles. The number of hydrogen-bond donors (Lipinski definition) is 0. The average Bonchev–Trinajstić information content (AvgIpc) is 3.51. The van der Waals surface area contributed by atoms with Gasteiger partial charge in [-0.2, -0.15) is 0 Å². The normalized spacial score (nSPS) is 36.2. The Balaban J connectivity index is 1.62. The molecule has 3 aromatic rings. The van der Waals surface area contributed by atoms with Gasteiger partial charge in [-0.3, -0.25) is 0 Å². The number of aryl methyl sites for hydroxylation is 1. The lowest BCUT2D eigenvalue weighted by Gasteiger charge is -2.35. The van der Waals surface area contributed by atoms with Crippen LogP contribution in [0.2, 0.25) is 0 Å².